The van der Waals surface area contributed by atoms with Crippen molar-refractivity contribution >= 4 is 27.8 Å². The maximum absolute atomic E-state index is 5.34. The molecule has 1 aliphatic rings. The minimum Gasteiger partial charge on any atom is -0.497 e. The molecular formula is C22H26N4O3S. The molecule has 0 bridgehead atoms. The topological polar surface area (TPSA) is 76.5 Å². The smallest absolute Gasteiger partial charge is 0.197 e. The summed E-state index contributed by atoms with van der Waals surface area (Å²) in [6.07, 6.45) is 2.66. The Labute approximate surface area is 181 Å². The first-order valence-corrected chi connectivity index (χ1v) is 10.3. The van der Waals surface area contributed by atoms with Gasteiger partial charge in [-0.2, -0.15) is 4.99 Å². The molecule has 0 aliphatic carbocycles. The van der Waals surface area contributed by atoms with Crippen molar-refractivity contribution in [2.75, 3.05) is 33.2 Å². The number of hydrogen-bond donors (Lipinski definition) is 2. The highest BCUT2D eigenvalue weighted by molar-refractivity contribution is 8.29. The van der Waals surface area contributed by atoms with Gasteiger partial charge >= 0.3 is 0 Å². The molecule has 0 amide bonds. The normalized spacial score (nSPS) is 14.6. The molecule has 0 unspecified atom stereocenters. The van der Waals surface area contributed by atoms with Gasteiger partial charge in [0, 0.05) is 24.1 Å². The van der Waals surface area contributed by atoms with Crippen molar-refractivity contribution in [2.24, 2.45) is 9.98 Å². The lowest BCUT2D eigenvalue weighted by Crippen LogP contribution is -2.19. The van der Waals surface area contributed by atoms with Gasteiger partial charge in [0.25, 0.3) is 0 Å². The van der Waals surface area contributed by atoms with Crippen LogP contribution in [0.15, 0.2) is 64.3 Å². The summed E-state index contributed by atoms with van der Waals surface area (Å²) in [4.78, 5) is 8.78. The second-order valence-corrected chi connectivity index (χ2v) is 7.42. The molecule has 0 spiro atoms. The van der Waals surface area contributed by atoms with Crippen molar-refractivity contribution in [3.63, 3.8) is 0 Å². The number of anilines is 1. The van der Waals surface area contributed by atoms with Crippen LogP contribution in [0.25, 0.3) is 0 Å². The number of nitrogens with zero attached hydrogens (tertiary/aromatic N) is 2. The van der Waals surface area contributed by atoms with E-state index in [2.05, 4.69) is 20.6 Å². The van der Waals surface area contributed by atoms with Crippen LogP contribution in [0.2, 0.25) is 0 Å². The predicted molar refractivity (Wildman–Crippen MR) is 124 cm³/mol. The first-order valence-electron chi connectivity index (χ1n) is 9.48. The zero-order valence-electron chi connectivity index (χ0n) is 17.6. The van der Waals surface area contributed by atoms with Crippen LogP contribution in [0.4, 0.5) is 5.69 Å². The summed E-state index contributed by atoms with van der Waals surface area (Å²) < 4.78 is 15.8. The Morgan fingerprint density at radius 1 is 1.03 bits per heavy atom. The average Bonchev–Trinajstić information content (AvgIpc) is 2.75. The Kier molecular flexibility index (Phi) is 7.62. The van der Waals surface area contributed by atoms with Crippen molar-refractivity contribution in [1.29, 1.82) is 0 Å². The van der Waals surface area contributed by atoms with Crippen LogP contribution >= 0.6 is 11.8 Å². The number of amidine groups is 2. The van der Waals surface area contributed by atoms with Crippen LogP contribution < -0.4 is 24.8 Å². The van der Waals surface area contributed by atoms with E-state index in [0.717, 1.165) is 51.9 Å². The van der Waals surface area contributed by atoms with E-state index in [4.69, 9.17) is 14.2 Å². The first-order chi connectivity index (χ1) is 14.6. The van der Waals surface area contributed by atoms with Crippen LogP contribution in [0.1, 0.15) is 12.5 Å². The highest BCUT2D eigenvalue weighted by Gasteiger charge is 2.16. The van der Waals surface area contributed by atoms with Crippen molar-refractivity contribution in [1.82, 2.24) is 5.32 Å². The van der Waals surface area contributed by atoms with E-state index < -0.39 is 0 Å². The number of aliphatic imine (C=N–C) groups is 2. The molecule has 0 fully saturated rings. The summed E-state index contributed by atoms with van der Waals surface area (Å²) in [6, 6.07) is 13.7. The van der Waals surface area contributed by atoms with Crippen LogP contribution in [-0.2, 0) is 6.42 Å². The van der Waals surface area contributed by atoms with Gasteiger partial charge < -0.3 is 24.8 Å². The third-order valence-corrected chi connectivity index (χ3v) is 5.13. The fourth-order valence-corrected chi connectivity index (χ4v) is 3.31. The Morgan fingerprint density at radius 2 is 1.77 bits per heavy atom. The molecule has 0 aromatic heterocycles. The average molecular weight is 427 g/mol. The lowest BCUT2D eigenvalue weighted by atomic mass is 10.1. The highest BCUT2D eigenvalue weighted by atomic mass is 32.2. The monoisotopic (exact) mass is 426 g/mol. The van der Waals surface area contributed by atoms with Gasteiger partial charge in [-0.25, -0.2) is 4.99 Å². The summed E-state index contributed by atoms with van der Waals surface area (Å²) >= 11 is 1.51. The molecule has 0 radical (unpaired) electrons. The summed E-state index contributed by atoms with van der Waals surface area (Å²) in [6.45, 7) is 2.78. The molecule has 7 nitrogen and oxygen atoms in total. The molecular weight excluding hydrogens is 400 g/mol. The van der Waals surface area contributed by atoms with E-state index >= 15 is 0 Å². The van der Waals surface area contributed by atoms with Gasteiger partial charge in [0.05, 0.1) is 21.3 Å². The zero-order chi connectivity index (χ0) is 21.3. The van der Waals surface area contributed by atoms with E-state index in [1.54, 1.807) is 27.5 Å². The summed E-state index contributed by atoms with van der Waals surface area (Å²) in [5.74, 6) is 2.30. The van der Waals surface area contributed by atoms with Crippen molar-refractivity contribution < 1.29 is 14.2 Å². The van der Waals surface area contributed by atoms with Crippen LogP contribution in [0.5, 0.6) is 17.2 Å². The molecule has 1 aliphatic heterocycles. The third-order valence-electron chi connectivity index (χ3n) is 4.36. The van der Waals surface area contributed by atoms with Gasteiger partial charge in [-0.3, -0.25) is 0 Å². The quantitative estimate of drug-likeness (QED) is 0.623. The summed E-state index contributed by atoms with van der Waals surface area (Å²) in [5.41, 5.74) is 3.12. The highest BCUT2D eigenvalue weighted by Crippen LogP contribution is 2.27. The van der Waals surface area contributed by atoms with Gasteiger partial charge in [-0.05, 0) is 67.1 Å². The molecule has 2 aromatic rings. The third kappa shape index (κ3) is 5.93. The number of rotatable bonds is 9. The maximum Gasteiger partial charge on any atom is 0.197 e. The van der Waals surface area contributed by atoms with Crippen molar-refractivity contribution in [3.8, 4) is 17.2 Å². The molecule has 0 saturated heterocycles. The predicted octanol–water partition coefficient (Wildman–Crippen LogP) is 4.28. The lowest BCUT2D eigenvalue weighted by molar-refractivity contribution is 0.354. The van der Waals surface area contributed by atoms with E-state index in [1.165, 1.54) is 17.3 Å². The summed E-state index contributed by atoms with van der Waals surface area (Å²) in [5, 5.41) is 8.15. The number of ether oxygens (including phenoxy) is 3. The largest absolute Gasteiger partial charge is 0.497 e. The minimum absolute atomic E-state index is 0.729. The molecule has 8 heteroatoms. The van der Waals surface area contributed by atoms with Gasteiger partial charge in [0.2, 0.25) is 0 Å². The van der Waals surface area contributed by atoms with Crippen molar-refractivity contribution in [3.05, 3.63) is 59.9 Å². The fraction of sp³-hybridized carbons (Fsp3) is 0.273. The van der Waals surface area contributed by atoms with Gasteiger partial charge in [0.1, 0.15) is 5.75 Å². The standard InChI is InChI=1S/C22H26N4O3S/c1-15(23-12-11-16-5-10-19(28-3)20(13-16)29-4)14-24-21-26-22(30-21)25-17-6-8-18(27-2)9-7-17/h5-10,13-14,23H,11-12H2,1-4H3,(H,24,25,26)/b15-14-. The van der Waals surface area contributed by atoms with E-state index in [0.29, 0.717) is 0 Å². The molecule has 3 rings (SSSR count). The Balaban J connectivity index is 1.44. The van der Waals surface area contributed by atoms with Gasteiger partial charge in [0.15, 0.2) is 21.8 Å². The SMILES string of the molecule is COc1ccc(NC2=NC(=N/C=C(/C)NCCc3ccc(OC)c(OC)c3)S2)cc1. The van der Waals surface area contributed by atoms with E-state index in [-0.39, 0.29) is 0 Å². The second kappa shape index (κ2) is 10.6. The number of methoxy groups -OCH3 is 3. The van der Waals surface area contributed by atoms with Gasteiger partial charge in [-0.1, -0.05) is 6.07 Å². The Morgan fingerprint density at radius 3 is 2.43 bits per heavy atom. The maximum atomic E-state index is 5.34. The molecule has 0 saturated carbocycles. The Bertz CT molecular complexity index is 955. The van der Waals surface area contributed by atoms with Crippen LogP contribution in [0.3, 0.4) is 0 Å². The van der Waals surface area contributed by atoms with Crippen LogP contribution in [0, 0.1) is 0 Å². The molecule has 30 heavy (non-hydrogen) atoms. The first kappa shape index (κ1) is 21.6. The minimum atomic E-state index is 0.729. The molecule has 0 atom stereocenters. The van der Waals surface area contributed by atoms with E-state index in [9.17, 15) is 0 Å². The number of thioether (sulfide) groups is 1. The number of allylic oxidation sites excluding steroid dienone is 1. The summed E-state index contributed by atoms with van der Waals surface area (Å²) in [7, 11) is 4.93. The number of benzene rings is 2. The fourth-order valence-electron chi connectivity index (χ4n) is 2.72. The molecule has 2 N–H and O–H groups in total. The lowest BCUT2D eigenvalue weighted by Gasteiger charge is -2.16. The number of nitrogens with one attached hydrogen (secondary N) is 2. The van der Waals surface area contributed by atoms with Crippen molar-refractivity contribution in [2.45, 2.75) is 13.3 Å². The molecule has 2 aromatic carbocycles. The zero-order valence-corrected chi connectivity index (χ0v) is 18.4. The Hall–Kier alpha value is -3.13. The van der Waals surface area contributed by atoms with E-state index in [1.807, 2.05) is 49.4 Å². The molecule has 158 valence electrons. The molecule has 1 heterocycles. The second-order valence-electron chi connectivity index (χ2n) is 6.46. The van der Waals surface area contributed by atoms with Crippen LogP contribution in [-0.4, -0.2) is 38.2 Å². The number of hydrogen-bond acceptors (Lipinski definition) is 7. The van der Waals surface area contributed by atoms with Gasteiger partial charge in [-0.15, -0.1) is 0 Å².